The summed E-state index contributed by atoms with van der Waals surface area (Å²) >= 11 is 0. The fourth-order valence-corrected chi connectivity index (χ4v) is 2.22. The first-order valence-corrected chi connectivity index (χ1v) is 7.34. The average Bonchev–Trinajstić information content (AvgIpc) is 3.26. The van der Waals surface area contributed by atoms with E-state index in [0.29, 0.717) is 22.6 Å². The number of hydrogen-bond donors (Lipinski definition) is 2. The van der Waals surface area contributed by atoms with Gasteiger partial charge in [0.15, 0.2) is 5.84 Å². The van der Waals surface area contributed by atoms with Gasteiger partial charge in [-0.1, -0.05) is 23.4 Å². The lowest BCUT2D eigenvalue weighted by molar-refractivity contribution is 0.421. The highest BCUT2D eigenvalue weighted by molar-refractivity contribution is 5.96. The molecule has 2 heterocycles. The second-order valence-corrected chi connectivity index (χ2v) is 5.04. The van der Waals surface area contributed by atoms with Gasteiger partial charge in [0.05, 0.1) is 18.3 Å². The minimum Gasteiger partial charge on any atom is -0.380 e. The van der Waals surface area contributed by atoms with Crippen LogP contribution in [0.25, 0.3) is 11.4 Å². The van der Waals surface area contributed by atoms with Crippen LogP contribution in [0.2, 0.25) is 0 Å². The third kappa shape index (κ3) is 3.64. The van der Waals surface area contributed by atoms with Crippen molar-refractivity contribution in [3.63, 3.8) is 0 Å². The van der Waals surface area contributed by atoms with Crippen LogP contribution in [-0.4, -0.2) is 27.3 Å². The van der Waals surface area contributed by atoms with Crippen molar-refractivity contribution in [2.24, 2.45) is 10.8 Å². The first kappa shape index (κ1) is 16.2. The molecule has 3 N–H and O–H groups in total. The maximum Gasteiger partial charge on any atom is 0.171 e. The lowest BCUT2D eigenvalue weighted by Crippen LogP contribution is -2.20. The predicted molar refractivity (Wildman–Crippen MR) is 87.6 cm³/mol. The van der Waals surface area contributed by atoms with Gasteiger partial charge in [0.2, 0.25) is 0 Å². The molecule has 0 spiro atoms. The molecule has 9 heteroatoms. The number of nitrogens with two attached hydrogens (primary N) is 1. The van der Waals surface area contributed by atoms with E-state index in [1.807, 2.05) is 6.07 Å². The minimum absolute atomic E-state index is 0.0206. The molecule has 25 heavy (non-hydrogen) atoms. The van der Waals surface area contributed by atoms with Gasteiger partial charge in [-0.05, 0) is 12.1 Å². The van der Waals surface area contributed by atoms with Crippen molar-refractivity contribution in [1.82, 2.24) is 20.4 Å². The van der Waals surface area contributed by atoms with Crippen LogP contribution in [0.4, 0.5) is 4.39 Å². The second kappa shape index (κ2) is 7.27. The van der Waals surface area contributed by atoms with Crippen LogP contribution >= 0.6 is 0 Å². The van der Waals surface area contributed by atoms with Crippen molar-refractivity contribution in [3.8, 4) is 17.5 Å². The number of nitrogens with one attached hydrogen (secondary N) is 1. The van der Waals surface area contributed by atoms with Gasteiger partial charge in [-0.3, -0.25) is 10.1 Å². The lowest BCUT2D eigenvalue weighted by Gasteiger charge is -2.06. The molecule has 0 bridgehead atoms. The summed E-state index contributed by atoms with van der Waals surface area (Å²) in [7, 11) is 0. The summed E-state index contributed by atoms with van der Waals surface area (Å²) in [6.45, 7) is 0.209. The first-order valence-electron chi connectivity index (χ1n) is 7.34. The largest absolute Gasteiger partial charge is 0.380 e. The zero-order chi connectivity index (χ0) is 17.6. The summed E-state index contributed by atoms with van der Waals surface area (Å²) < 4.78 is 20.4. The molecule has 126 valence electrons. The predicted octanol–water partition coefficient (Wildman–Crippen LogP) is 1.46. The van der Waals surface area contributed by atoms with Crippen LogP contribution in [0.5, 0.6) is 0 Å². The molecule has 0 aliphatic carbocycles. The Bertz CT molecular complexity index is 924. The number of amidine groups is 1. The Balaban J connectivity index is 1.97. The van der Waals surface area contributed by atoms with Crippen molar-refractivity contribution >= 4 is 5.84 Å². The highest BCUT2D eigenvalue weighted by atomic mass is 19.1. The molecule has 8 nitrogen and oxygen atoms in total. The van der Waals surface area contributed by atoms with E-state index in [4.69, 9.17) is 15.5 Å². The van der Waals surface area contributed by atoms with Crippen LogP contribution < -0.4 is 11.2 Å². The molecule has 1 aromatic carbocycles. The molecule has 3 rings (SSSR count). The number of nitriles is 1. The smallest absolute Gasteiger partial charge is 0.171 e. The Morgan fingerprint density at radius 1 is 1.40 bits per heavy atom. The van der Waals surface area contributed by atoms with Gasteiger partial charge in [0.25, 0.3) is 0 Å². The van der Waals surface area contributed by atoms with Crippen molar-refractivity contribution in [1.29, 1.82) is 5.26 Å². The standard InChI is InChI=1S/C16H14FN7O/c17-12-4-2-1-3-11(12)10-24-15(13-5-8-25-23-13)9-14(22-24)16(19)21-20-7-6-18/h1-5,8-9,20H,7,10H2,(H2,19,21). The zero-order valence-corrected chi connectivity index (χ0v) is 13.1. The van der Waals surface area contributed by atoms with E-state index in [2.05, 4.69) is 20.8 Å². The molecule has 0 atom stereocenters. The number of benzene rings is 1. The van der Waals surface area contributed by atoms with Crippen LogP contribution in [0.1, 0.15) is 11.3 Å². The van der Waals surface area contributed by atoms with Crippen molar-refractivity contribution in [2.75, 3.05) is 6.54 Å². The van der Waals surface area contributed by atoms with E-state index >= 15 is 0 Å². The summed E-state index contributed by atoms with van der Waals surface area (Å²) in [6, 6.07) is 11.7. The van der Waals surface area contributed by atoms with Crippen molar-refractivity contribution in [3.05, 3.63) is 59.7 Å². The Kier molecular flexibility index (Phi) is 4.71. The number of hydrazone groups is 1. The molecule has 0 aliphatic heterocycles. The molecule has 0 fully saturated rings. The van der Waals surface area contributed by atoms with Crippen molar-refractivity contribution in [2.45, 2.75) is 6.54 Å². The highest BCUT2D eigenvalue weighted by Crippen LogP contribution is 2.20. The van der Waals surface area contributed by atoms with Crippen molar-refractivity contribution < 1.29 is 8.91 Å². The zero-order valence-electron chi connectivity index (χ0n) is 13.1. The van der Waals surface area contributed by atoms with E-state index in [1.54, 1.807) is 35.0 Å². The van der Waals surface area contributed by atoms with Crippen LogP contribution in [0, 0.1) is 17.1 Å². The maximum absolute atomic E-state index is 14.0. The molecular weight excluding hydrogens is 325 g/mol. The summed E-state index contributed by atoms with van der Waals surface area (Å²) in [6.07, 6.45) is 1.43. The topological polar surface area (TPSA) is 118 Å². The fraction of sp³-hybridized carbons (Fsp3) is 0.125. The molecule has 2 aromatic heterocycles. The summed E-state index contributed by atoms with van der Waals surface area (Å²) in [5.41, 5.74) is 10.4. The van der Waals surface area contributed by atoms with E-state index in [1.165, 1.54) is 12.3 Å². The molecule has 0 unspecified atom stereocenters. The maximum atomic E-state index is 14.0. The molecular formula is C16H14FN7O. The number of rotatable bonds is 6. The van der Waals surface area contributed by atoms with Gasteiger partial charge in [-0.2, -0.15) is 15.5 Å². The van der Waals surface area contributed by atoms with E-state index in [-0.39, 0.29) is 24.7 Å². The third-order valence-corrected chi connectivity index (χ3v) is 3.38. The molecule has 0 radical (unpaired) electrons. The van der Waals surface area contributed by atoms with Crippen LogP contribution in [0.15, 0.2) is 52.3 Å². The van der Waals surface area contributed by atoms with Gasteiger partial charge < -0.3 is 10.3 Å². The Morgan fingerprint density at radius 2 is 2.24 bits per heavy atom. The third-order valence-electron chi connectivity index (χ3n) is 3.38. The molecule has 0 aliphatic rings. The molecule has 0 saturated heterocycles. The van der Waals surface area contributed by atoms with E-state index in [9.17, 15) is 4.39 Å². The fourth-order valence-electron chi connectivity index (χ4n) is 2.22. The normalized spacial score (nSPS) is 11.3. The Morgan fingerprint density at radius 3 is 2.96 bits per heavy atom. The van der Waals surface area contributed by atoms with Gasteiger partial charge in [-0.15, -0.1) is 0 Å². The quantitative estimate of drug-likeness (QED) is 0.231. The summed E-state index contributed by atoms with van der Waals surface area (Å²) in [4.78, 5) is 0. The van der Waals surface area contributed by atoms with E-state index < -0.39 is 0 Å². The summed E-state index contributed by atoms with van der Waals surface area (Å²) in [5.74, 6) is -0.227. The van der Waals surface area contributed by atoms with Crippen LogP contribution in [-0.2, 0) is 6.54 Å². The highest BCUT2D eigenvalue weighted by Gasteiger charge is 2.16. The van der Waals surface area contributed by atoms with Crippen LogP contribution in [0.3, 0.4) is 0 Å². The molecule has 0 amide bonds. The first-order chi connectivity index (χ1) is 12.2. The minimum atomic E-state index is -0.331. The SMILES string of the molecule is N#CCN/N=C(\N)c1cc(-c2ccon2)n(Cc2ccccc2F)n1. The monoisotopic (exact) mass is 339 g/mol. The Hall–Kier alpha value is -3.67. The molecule has 0 saturated carbocycles. The second-order valence-electron chi connectivity index (χ2n) is 5.04. The van der Waals surface area contributed by atoms with Gasteiger partial charge >= 0.3 is 0 Å². The number of halogens is 1. The number of aromatic nitrogens is 3. The molecule has 3 aromatic rings. The van der Waals surface area contributed by atoms with Gasteiger partial charge in [-0.25, -0.2) is 4.39 Å². The van der Waals surface area contributed by atoms with Gasteiger partial charge in [0, 0.05) is 11.6 Å². The van der Waals surface area contributed by atoms with Gasteiger partial charge in [0.1, 0.15) is 30.0 Å². The Labute approximate surface area is 142 Å². The number of nitrogens with zero attached hydrogens (tertiary/aromatic N) is 5. The average molecular weight is 339 g/mol. The van der Waals surface area contributed by atoms with E-state index in [0.717, 1.165) is 0 Å². The summed E-state index contributed by atoms with van der Waals surface area (Å²) in [5, 5.41) is 20.7. The lowest BCUT2D eigenvalue weighted by atomic mass is 10.2. The number of hydrogen-bond acceptors (Lipinski definition) is 6.